The Labute approximate surface area is 185 Å². The fraction of sp³-hybridized carbons (Fsp3) is 0.250. The Hall–Kier alpha value is -3.19. The van der Waals surface area contributed by atoms with E-state index in [2.05, 4.69) is 34.4 Å². The molecule has 0 saturated heterocycles. The molecule has 2 aromatic heterocycles. The summed E-state index contributed by atoms with van der Waals surface area (Å²) in [6.45, 7) is 6.47. The van der Waals surface area contributed by atoms with Crippen molar-refractivity contribution < 1.29 is 9.18 Å². The van der Waals surface area contributed by atoms with Gasteiger partial charge in [-0.05, 0) is 62.7 Å². The fourth-order valence-corrected chi connectivity index (χ4v) is 4.68. The van der Waals surface area contributed by atoms with Crippen LogP contribution in [0.5, 0.6) is 0 Å². The van der Waals surface area contributed by atoms with Crippen molar-refractivity contribution in [3.8, 4) is 5.69 Å². The first-order chi connectivity index (χ1) is 15.1. The number of halogens is 1. The number of amides is 1. The number of thiophene rings is 1. The number of nitrogens with one attached hydrogen (secondary N) is 1. The zero-order chi connectivity index (χ0) is 21.8. The van der Waals surface area contributed by atoms with Crippen molar-refractivity contribution in [1.82, 2.24) is 15.1 Å². The van der Waals surface area contributed by atoms with E-state index in [0.29, 0.717) is 11.4 Å². The molecule has 1 N–H and O–H groups in total. The van der Waals surface area contributed by atoms with Gasteiger partial charge in [-0.3, -0.25) is 4.79 Å². The summed E-state index contributed by atoms with van der Waals surface area (Å²) in [6.07, 6.45) is 0.863. The van der Waals surface area contributed by atoms with Crippen LogP contribution in [-0.4, -0.2) is 35.3 Å². The summed E-state index contributed by atoms with van der Waals surface area (Å²) in [4.78, 5) is 16.5. The van der Waals surface area contributed by atoms with Crippen molar-refractivity contribution in [3.05, 3.63) is 77.1 Å². The van der Waals surface area contributed by atoms with Crippen LogP contribution in [0.4, 0.5) is 10.1 Å². The van der Waals surface area contributed by atoms with Gasteiger partial charge in [0.25, 0.3) is 5.91 Å². The van der Waals surface area contributed by atoms with Crippen LogP contribution >= 0.6 is 11.3 Å². The molecule has 7 heteroatoms. The summed E-state index contributed by atoms with van der Waals surface area (Å²) in [7, 11) is 0. The van der Waals surface area contributed by atoms with E-state index < -0.39 is 0 Å². The molecule has 5 nitrogen and oxygen atoms in total. The number of carbonyl (C=O) groups excluding carboxylic acids is 1. The van der Waals surface area contributed by atoms with Gasteiger partial charge in [0.1, 0.15) is 10.6 Å². The van der Waals surface area contributed by atoms with Gasteiger partial charge in [-0.2, -0.15) is 5.10 Å². The Kier molecular flexibility index (Phi) is 6.32. The van der Waals surface area contributed by atoms with Gasteiger partial charge in [0.2, 0.25) is 0 Å². The lowest BCUT2D eigenvalue weighted by Crippen LogP contribution is -2.29. The molecule has 0 spiro atoms. The molecule has 0 unspecified atom stereocenters. The average molecular weight is 437 g/mol. The Morgan fingerprint density at radius 3 is 2.61 bits per heavy atom. The number of hydrogen-bond acceptors (Lipinski definition) is 4. The van der Waals surface area contributed by atoms with Crippen LogP contribution in [0, 0.1) is 12.7 Å². The highest BCUT2D eigenvalue weighted by molar-refractivity contribution is 7.20. The van der Waals surface area contributed by atoms with E-state index in [1.165, 1.54) is 29.2 Å². The van der Waals surface area contributed by atoms with Crippen molar-refractivity contribution in [2.75, 3.05) is 24.5 Å². The molecule has 0 radical (unpaired) electrons. The monoisotopic (exact) mass is 436 g/mol. The molecular weight excluding hydrogens is 411 g/mol. The van der Waals surface area contributed by atoms with Crippen LogP contribution in [0.1, 0.15) is 28.7 Å². The maximum atomic E-state index is 13.3. The molecule has 31 heavy (non-hydrogen) atoms. The van der Waals surface area contributed by atoms with Crippen LogP contribution in [-0.2, 0) is 0 Å². The molecule has 1 amide bonds. The number of nitrogens with zero attached hydrogens (tertiary/aromatic N) is 3. The molecule has 0 bridgehead atoms. The second kappa shape index (κ2) is 9.31. The number of hydrogen-bond donors (Lipinski definition) is 1. The Balaban J connectivity index is 1.40. The van der Waals surface area contributed by atoms with Crippen molar-refractivity contribution in [2.24, 2.45) is 0 Å². The minimum Gasteiger partial charge on any atom is -0.372 e. The van der Waals surface area contributed by atoms with E-state index in [0.717, 1.165) is 41.1 Å². The number of para-hydroxylation sites is 1. The summed E-state index contributed by atoms with van der Waals surface area (Å²) in [6, 6.07) is 18.4. The van der Waals surface area contributed by atoms with E-state index in [4.69, 9.17) is 0 Å². The third-order valence-corrected chi connectivity index (χ3v) is 6.34. The fourth-order valence-electron chi connectivity index (χ4n) is 3.58. The van der Waals surface area contributed by atoms with Crippen molar-refractivity contribution >= 4 is 33.1 Å². The number of carbonyl (C=O) groups is 1. The highest BCUT2D eigenvalue weighted by Crippen LogP contribution is 2.30. The van der Waals surface area contributed by atoms with Crippen molar-refractivity contribution in [1.29, 1.82) is 0 Å². The zero-order valence-electron chi connectivity index (χ0n) is 17.6. The first kappa shape index (κ1) is 21.1. The molecule has 160 valence electrons. The van der Waals surface area contributed by atoms with Gasteiger partial charge >= 0.3 is 0 Å². The second-order valence-corrected chi connectivity index (χ2v) is 8.36. The molecule has 4 rings (SSSR count). The van der Waals surface area contributed by atoms with Crippen LogP contribution < -0.4 is 10.2 Å². The molecule has 2 heterocycles. The van der Waals surface area contributed by atoms with Gasteiger partial charge in [0, 0.05) is 30.7 Å². The van der Waals surface area contributed by atoms with Gasteiger partial charge < -0.3 is 10.2 Å². The standard InChI is InChI=1S/C24H25FN4OS/c1-3-28(19-8-5-4-6-9-19)15-7-14-26-23(30)22-16-21-17(2)27-29(24(21)31-22)20-12-10-18(25)11-13-20/h4-6,8-13,16H,3,7,14-15H2,1-2H3,(H,26,30). The molecule has 2 aromatic carbocycles. The average Bonchev–Trinajstić information content (AvgIpc) is 3.36. The van der Waals surface area contributed by atoms with Gasteiger partial charge in [0.15, 0.2) is 0 Å². The predicted octanol–water partition coefficient (Wildman–Crippen LogP) is 5.18. The first-order valence-electron chi connectivity index (χ1n) is 10.4. The third-order valence-electron chi connectivity index (χ3n) is 5.23. The third kappa shape index (κ3) is 4.61. The number of fused-ring (bicyclic) bond motifs is 1. The van der Waals surface area contributed by atoms with Crippen molar-refractivity contribution in [3.63, 3.8) is 0 Å². The first-order valence-corrected chi connectivity index (χ1v) is 11.2. The lowest BCUT2D eigenvalue weighted by molar-refractivity contribution is 0.0957. The number of aryl methyl sites for hydroxylation is 1. The summed E-state index contributed by atoms with van der Waals surface area (Å²) >= 11 is 1.40. The summed E-state index contributed by atoms with van der Waals surface area (Å²) in [5.41, 5.74) is 2.81. The Morgan fingerprint density at radius 2 is 1.90 bits per heavy atom. The molecule has 0 saturated carbocycles. The number of rotatable bonds is 8. The topological polar surface area (TPSA) is 50.2 Å². The number of benzene rings is 2. The quantitative estimate of drug-likeness (QED) is 0.387. The van der Waals surface area contributed by atoms with Crippen LogP contribution in [0.2, 0.25) is 0 Å². The zero-order valence-corrected chi connectivity index (χ0v) is 18.5. The minimum absolute atomic E-state index is 0.0750. The minimum atomic E-state index is -0.288. The Morgan fingerprint density at radius 1 is 1.16 bits per heavy atom. The van der Waals surface area contributed by atoms with Crippen LogP contribution in [0.25, 0.3) is 15.9 Å². The summed E-state index contributed by atoms with van der Waals surface area (Å²) in [5, 5.41) is 8.53. The summed E-state index contributed by atoms with van der Waals surface area (Å²) < 4.78 is 15.0. The summed E-state index contributed by atoms with van der Waals surface area (Å²) in [5.74, 6) is -0.363. The lowest BCUT2D eigenvalue weighted by Gasteiger charge is -2.23. The number of aromatic nitrogens is 2. The molecule has 0 atom stereocenters. The Bertz CT molecular complexity index is 1170. The molecule has 4 aromatic rings. The highest BCUT2D eigenvalue weighted by atomic mass is 32.1. The maximum Gasteiger partial charge on any atom is 0.261 e. The molecule has 0 fully saturated rings. The van der Waals surface area contributed by atoms with E-state index in [1.54, 1.807) is 16.8 Å². The number of anilines is 1. The van der Waals surface area contributed by atoms with E-state index in [-0.39, 0.29) is 11.7 Å². The van der Waals surface area contributed by atoms with Crippen LogP contribution in [0.3, 0.4) is 0 Å². The normalized spacial score (nSPS) is 11.1. The largest absolute Gasteiger partial charge is 0.372 e. The predicted molar refractivity (Wildman–Crippen MR) is 125 cm³/mol. The molecular formula is C24H25FN4OS. The van der Waals surface area contributed by atoms with Crippen molar-refractivity contribution in [2.45, 2.75) is 20.3 Å². The molecule has 0 aliphatic heterocycles. The highest BCUT2D eigenvalue weighted by Gasteiger charge is 2.17. The second-order valence-electron chi connectivity index (χ2n) is 7.33. The van der Waals surface area contributed by atoms with E-state index in [1.807, 2.05) is 31.2 Å². The van der Waals surface area contributed by atoms with Gasteiger partial charge in [-0.15, -0.1) is 11.3 Å². The van der Waals surface area contributed by atoms with Crippen LogP contribution in [0.15, 0.2) is 60.7 Å². The van der Waals surface area contributed by atoms with Gasteiger partial charge in [-0.25, -0.2) is 9.07 Å². The van der Waals surface area contributed by atoms with E-state index >= 15 is 0 Å². The van der Waals surface area contributed by atoms with Gasteiger partial charge in [-0.1, -0.05) is 18.2 Å². The SMILES string of the molecule is CCN(CCCNC(=O)c1cc2c(C)nn(-c3ccc(F)cc3)c2s1)c1ccccc1. The molecule has 0 aliphatic rings. The lowest BCUT2D eigenvalue weighted by atomic mass is 10.2. The maximum absolute atomic E-state index is 13.3. The van der Waals surface area contributed by atoms with Gasteiger partial charge in [0.05, 0.1) is 16.3 Å². The smallest absolute Gasteiger partial charge is 0.261 e. The van der Waals surface area contributed by atoms with E-state index in [9.17, 15) is 9.18 Å². The molecule has 0 aliphatic carbocycles.